The van der Waals surface area contributed by atoms with Crippen LogP contribution in [0.2, 0.25) is 10.0 Å². The van der Waals surface area contributed by atoms with Gasteiger partial charge in [0.2, 0.25) is 0 Å². The van der Waals surface area contributed by atoms with E-state index in [2.05, 4.69) is 11.8 Å². The van der Waals surface area contributed by atoms with Gasteiger partial charge in [-0.2, -0.15) is 0 Å². The summed E-state index contributed by atoms with van der Waals surface area (Å²) in [5.74, 6) is 0. The third-order valence-corrected chi connectivity index (χ3v) is 4.53. The predicted octanol–water partition coefficient (Wildman–Crippen LogP) is 4.29. The summed E-state index contributed by atoms with van der Waals surface area (Å²) in [6.45, 7) is 4.31. The van der Waals surface area contributed by atoms with Crippen molar-refractivity contribution in [2.75, 3.05) is 13.1 Å². The van der Waals surface area contributed by atoms with Gasteiger partial charge in [-0.15, -0.1) is 0 Å². The zero-order chi connectivity index (χ0) is 13.8. The summed E-state index contributed by atoms with van der Waals surface area (Å²) in [5, 5.41) is 11.5. The van der Waals surface area contributed by atoms with E-state index in [1.54, 1.807) is 18.2 Å². The van der Waals surface area contributed by atoms with Crippen LogP contribution in [0.3, 0.4) is 0 Å². The third-order valence-electron chi connectivity index (χ3n) is 3.95. The molecule has 1 aliphatic rings. The molecule has 4 heteroatoms. The second kappa shape index (κ2) is 6.94. The first-order valence-corrected chi connectivity index (χ1v) is 7.70. The van der Waals surface area contributed by atoms with Gasteiger partial charge in [0.15, 0.2) is 0 Å². The van der Waals surface area contributed by atoms with Gasteiger partial charge in [-0.25, -0.2) is 0 Å². The van der Waals surface area contributed by atoms with Gasteiger partial charge in [0, 0.05) is 28.2 Å². The Morgan fingerprint density at radius 2 is 2.16 bits per heavy atom. The molecular weight excluding hydrogens is 281 g/mol. The van der Waals surface area contributed by atoms with E-state index >= 15 is 0 Å². The van der Waals surface area contributed by atoms with Crippen LogP contribution in [0, 0.1) is 0 Å². The lowest BCUT2D eigenvalue weighted by atomic mass is 10.0. The number of nitrogens with zero attached hydrogens (tertiary/aromatic N) is 1. The molecule has 0 radical (unpaired) electrons. The molecule has 1 aromatic rings. The zero-order valence-electron chi connectivity index (χ0n) is 11.3. The van der Waals surface area contributed by atoms with Gasteiger partial charge in [0.05, 0.1) is 6.10 Å². The number of hydrogen-bond acceptors (Lipinski definition) is 2. The molecule has 0 saturated carbocycles. The lowest BCUT2D eigenvalue weighted by molar-refractivity contribution is 0.109. The van der Waals surface area contributed by atoms with Gasteiger partial charge in [0.1, 0.15) is 0 Å². The van der Waals surface area contributed by atoms with Crippen LogP contribution < -0.4 is 0 Å². The molecule has 1 heterocycles. The van der Waals surface area contributed by atoms with Crippen LogP contribution in [-0.2, 0) is 0 Å². The normalized spacial score (nSPS) is 22.4. The Morgan fingerprint density at radius 3 is 2.89 bits per heavy atom. The highest BCUT2D eigenvalue weighted by atomic mass is 35.5. The van der Waals surface area contributed by atoms with Gasteiger partial charge in [-0.1, -0.05) is 29.6 Å². The first-order chi connectivity index (χ1) is 9.08. The van der Waals surface area contributed by atoms with Crippen LogP contribution in [0.5, 0.6) is 0 Å². The van der Waals surface area contributed by atoms with E-state index in [1.165, 1.54) is 19.3 Å². The molecular formula is C15H21Cl2NO. The first kappa shape index (κ1) is 15.1. The Kier molecular flexibility index (Phi) is 5.52. The highest BCUT2D eigenvalue weighted by Crippen LogP contribution is 2.29. The van der Waals surface area contributed by atoms with Crippen molar-refractivity contribution in [2.24, 2.45) is 0 Å². The molecule has 19 heavy (non-hydrogen) atoms. The largest absolute Gasteiger partial charge is 0.388 e. The molecule has 0 aliphatic carbocycles. The molecule has 0 amide bonds. The average Bonchev–Trinajstić information content (AvgIpc) is 2.40. The van der Waals surface area contributed by atoms with Crippen molar-refractivity contribution in [3.63, 3.8) is 0 Å². The van der Waals surface area contributed by atoms with Crippen LogP contribution in [0.25, 0.3) is 0 Å². The molecule has 2 rings (SSSR count). The van der Waals surface area contributed by atoms with Crippen LogP contribution >= 0.6 is 23.2 Å². The Hall–Kier alpha value is -0.280. The number of piperidine rings is 1. The summed E-state index contributed by atoms with van der Waals surface area (Å²) in [4.78, 5) is 2.45. The van der Waals surface area contributed by atoms with E-state index in [0.29, 0.717) is 22.5 Å². The van der Waals surface area contributed by atoms with E-state index in [4.69, 9.17) is 23.2 Å². The Morgan fingerprint density at radius 1 is 1.37 bits per heavy atom. The second-order valence-corrected chi connectivity index (χ2v) is 6.19. The molecule has 106 valence electrons. The smallest absolute Gasteiger partial charge is 0.0817 e. The van der Waals surface area contributed by atoms with Crippen molar-refractivity contribution >= 4 is 23.2 Å². The number of benzene rings is 1. The van der Waals surface area contributed by atoms with E-state index in [-0.39, 0.29) is 0 Å². The van der Waals surface area contributed by atoms with Gasteiger partial charge in [-0.05, 0) is 50.9 Å². The number of aliphatic hydroxyl groups is 1. The third kappa shape index (κ3) is 4.09. The topological polar surface area (TPSA) is 23.5 Å². The zero-order valence-corrected chi connectivity index (χ0v) is 12.8. The molecule has 1 fully saturated rings. The molecule has 0 spiro atoms. The molecule has 2 nitrogen and oxygen atoms in total. The quantitative estimate of drug-likeness (QED) is 0.897. The number of likely N-dealkylation sites (tertiary alicyclic amines) is 1. The van der Waals surface area contributed by atoms with Crippen molar-refractivity contribution in [1.29, 1.82) is 0 Å². The molecule has 1 aliphatic heterocycles. The number of hydrogen-bond donors (Lipinski definition) is 1. The maximum Gasteiger partial charge on any atom is 0.0817 e. The van der Waals surface area contributed by atoms with Crippen molar-refractivity contribution in [2.45, 2.75) is 44.8 Å². The summed E-state index contributed by atoms with van der Waals surface area (Å²) in [6, 6.07) is 5.86. The van der Waals surface area contributed by atoms with Gasteiger partial charge in [-0.3, -0.25) is 0 Å². The van der Waals surface area contributed by atoms with Crippen LogP contribution in [0.15, 0.2) is 18.2 Å². The Balaban J connectivity index is 1.93. The van der Waals surface area contributed by atoms with Crippen molar-refractivity contribution in [1.82, 2.24) is 4.90 Å². The minimum Gasteiger partial charge on any atom is -0.388 e. The van der Waals surface area contributed by atoms with Crippen LogP contribution in [-0.4, -0.2) is 29.1 Å². The molecule has 2 unspecified atom stereocenters. The Bertz CT molecular complexity index is 425. The van der Waals surface area contributed by atoms with Gasteiger partial charge < -0.3 is 10.0 Å². The molecule has 1 aromatic carbocycles. The lowest BCUT2D eigenvalue weighted by Crippen LogP contribution is -2.38. The minimum absolute atomic E-state index is 0.541. The number of aliphatic hydroxyl groups excluding tert-OH is 1. The molecule has 1 N–H and O–H groups in total. The van der Waals surface area contributed by atoms with E-state index in [0.717, 1.165) is 18.7 Å². The summed E-state index contributed by atoms with van der Waals surface area (Å²) in [5.41, 5.74) is 0.735. The Labute approximate surface area is 125 Å². The number of halogens is 2. The minimum atomic E-state index is -0.541. The monoisotopic (exact) mass is 301 g/mol. The van der Waals surface area contributed by atoms with Crippen molar-refractivity contribution in [3.8, 4) is 0 Å². The second-order valence-electron chi connectivity index (χ2n) is 5.35. The maximum absolute atomic E-state index is 10.3. The summed E-state index contributed by atoms with van der Waals surface area (Å²) >= 11 is 12.1. The SMILES string of the molecule is CC1CCCCN1CCC(O)c1cc(Cl)ccc1Cl. The van der Waals surface area contributed by atoms with Gasteiger partial charge >= 0.3 is 0 Å². The summed E-state index contributed by atoms with van der Waals surface area (Å²) < 4.78 is 0. The average molecular weight is 302 g/mol. The van der Waals surface area contributed by atoms with Crippen molar-refractivity contribution in [3.05, 3.63) is 33.8 Å². The van der Waals surface area contributed by atoms with E-state index in [9.17, 15) is 5.11 Å². The summed E-state index contributed by atoms with van der Waals surface area (Å²) in [6.07, 6.45) is 4.00. The summed E-state index contributed by atoms with van der Waals surface area (Å²) in [7, 11) is 0. The predicted molar refractivity (Wildman–Crippen MR) is 80.9 cm³/mol. The molecule has 0 aromatic heterocycles. The molecule has 1 saturated heterocycles. The van der Waals surface area contributed by atoms with Gasteiger partial charge in [0.25, 0.3) is 0 Å². The highest BCUT2D eigenvalue weighted by molar-refractivity contribution is 6.33. The number of rotatable bonds is 4. The fraction of sp³-hybridized carbons (Fsp3) is 0.600. The van der Waals surface area contributed by atoms with Crippen molar-refractivity contribution < 1.29 is 5.11 Å². The van der Waals surface area contributed by atoms with Crippen LogP contribution in [0.4, 0.5) is 0 Å². The molecule has 0 bridgehead atoms. The fourth-order valence-electron chi connectivity index (χ4n) is 2.70. The molecule has 2 atom stereocenters. The highest BCUT2D eigenvalue weighted by Gasteiger charge is 2.20. The maximum atomic E-state index is 10.3. The fourth-order valence-corrected chi connectivity index (χ4v) is 3.13. The first-order valence-electron chi connectivity index (χ1n) is 6.95. The van der Waals surface area contributed by atoms with E-state index in [1.807, 2.05) is 0 Å². The standard InChI is InChI=1S/C15H21Cl2NO/c1-11-4-2-3-8-18(11)9-7-15(19)13-10-12(16)5-6-14(13)17/h5-6,10-11,15,19H,2-4,7-9H2,1H3. The van der Waals surface area contributed by atoms with E-state index < -0.39 is 6.10 Å². The van der Waals surface area contributed by atoms with Crippen LogP contribution in [0.1, 0.15) is 44.3 Å². The lowest BCUT2D eigenvalue weighted by Gasteiger charge is -2.33.